The molecule has 124 valence electrons. The summed E-state index contributed by atoms with van der Waals surface area (Å²) in [6.45, 7) is 1.81. The van der Waals surface area contributed by atoms with Gasteiger partial charge >= 0.3 is 0 Å². The fraction of sp³-hybridized carbons (Fsp3) is 0.158. The molecule has 0 spiro atoms. The lowest BCUT2D eigenvalue weighted by Gasteiger charge is -2.07. The topological polar surface area (TPSA) is 46.2 Å². The smallest absolute Gasteiger partial charge is 0.254 e. The van der Waals surface area contributed by atoms with Gasteiger partial charge in [-0.1, -0.05) is 59.6 Å². The van der Waals surface area contributed by atoms with Crippen LogP contribution >= 0.6 is 23.2 Å². The molecular weight excluding hydrogens is 345 g/mol. The summed E-state index contributed by atoms with van der Waals surface area (Å²) in [5, 5.41) is 3.57. The normalized spacial score (nSPS) is 11.2. The molecule has 1 amide bonds. The Morgan fingerprint density at radius 3 is 2.38 bits per heavy atom. The van der Waals surface area contributed by atoms with Gasteiger partial charge in [0.05, 0.1) is 15.6 Å². The van der Waals surface area contributed by atoms with Crippen molar-refractivity contribution < 1.29 is 9.59 Å². The molecule has 5 heteroatoms. The number of Topliss-reactive ketones (excluding diaryl/α,β-unsaturated/α-hetero) is 1. The van der Waals surface area contributed by atoms with Crippen molar-refractivity contribution in [1.82, 2.24) is 5.32 Å². The quantitative estimate of drug-likeness (QED) is 0.473. The summed E-state index contributed by atoms with van der Waals surface area (Å²) in [5.74, 6) is -0.706. The summed E-state index contributed by atoms with van der Waals surface area (Å²) in [6, 6.07) is 14.8. The van der Waals surface area contributed by atoms with Crippen LogP contribution in [0.2, 0.25) is 10.0 Å². The van der Waals surface area contributed by atoms with Crippen molar-refractivity contribution in [3.63, 3.8) is 0 Å². The largest absolute Gasteiger partial charge is 0.352 e. The van der Waals surface area contributed by atoms with Crippen molar-refractivity contribution in [2.45, 2.75) is 13.3 Å². The van der Waals surface area contributed by atoms with Crippen LogP contribution in [0.1, 0.15) is 18.1 Å². The van der Waals surface area contributed by atoms with E-state index in [1.165, 1.54) is 13.0 Å². The van der Waals surface area contributed by atoms with Gasteiger partial charge in [-0.15, -0.1) is 0 Å². The number of ketones is 1. The fourth-order valence-electron chi connectivity index (χ4n) is 2.16. The maximum Gasteiger partial charge on any atom is 0.254 e. The number of amides is 1. The molecule has 2 aromatic rings. The predicted molar refractivity (Wildman–Crippen MR) is 98.3 cm³/mol. The van der Waals surface area contributed by atoms with E-state index in [0.29, 0.717) is 28.6 Å². The molecule has 0 aliphatic carbocycles. The Kier molecular flexibility index (Phi) is 6.59. The monoisotopic (exact) mass is 361 g/mol. The SMILES string of the molecule is CC(=O)/C(=C/c1ccc(Cl)c(Cl)c1)C(=O)NCCc1ccccc1. The molecule has 0 fully saturated rings. The molecule has 2 rings (SSSR count). The van der Waals surface area contributed by atoms with Crippen LogP contribution in [0, 0.1) is 0 Å². The number of carbonyl (C=O) groups excluding carboxylic acids is 2. The average molecular weight is 362 g/mol. The van der Waals surface area contributed by atoms with Gasteiger partial charge in [-0.3, -0.25) is 9.59 Å². The van der Waals surface area contributed by atoms with Gasteiger partial charge < -0.3 is 5.32 Å². The molecule has 0 heterocycles. The number of hydrogen-bond donors (Lipinski definition) is 1. The summed E-state index contributed by atoms with van der Waals surface area (Å²) in [4.78, 5) is 24.1. The summed E-state index contributed by atoms with van der Waals surface area (Å²) >= 11 is 11.8. The number of carbonyl (C=O) groups is 2. The van der Waals surface area contributed by atoms with E-state index in [1.54, 1.807) is 18.2 Å². The molecule has 24 heavy (non-hydrogen) atoms. The first-order valence-corrected chi connectivity index (χ1v) is 8.23. The lowest BCUT2D eigenvalue weighted by molar-refractivity contribution is -0.121. The van der Waals surface area contributed by atoms with Crippen LogP contribution in [-0.2, 0) is 16.0 Å². The maximum absolute atomic E-state index is 12.3. The molecule has 2 aromatic carbocycles. The van der Waals surface area contributed by atoms with Crippen LogP contribution < -0.4 is 5.32 Å². The van der Waals surface area contributed by atoms with E-state index < -0.39 is 5.91 Å². The van der Waals surface area contributed by atoms with E-state index in [9.17, 15) is 9.59 Å². The van der Waals surface area contributed by atoms with Crippen LogP contribution in [0.3, 0.4) is 0 Å². The van der Waals surface area contributed by atoms with E-state index in [2.05, 4.69) is 5.32 Å². The summed E-state index contributed by atoms with van der Waals surface area (Å²) < 4.78 is 0. The number of benzene rings is 2. The van der Waals surface area contributed by atoms with Gasteiger partial charge in [0.25, 0.3) is 5.91 Å². The lowest BCUT2D eigenvalue weighted by atomic mass is 10.1. The van der Waals surface area contributed by atoms with Gasteiger partial charge in [0.1, 0.15) is 0 Å². The third-order valence-corrected chi connectivity index (χ3v) is 4.16. The molecule has 0 bridgehead atoms. The summed E-state index contributed by atoms with van der Waals surface area (Å²) in [6.07, 6.45) is 2.22. The van der Waals surface area contributed by atoms with E-state index in [-0.39, 0.29) is 11.4 Å². The van der Waals surface area contributed by atoms with Gasteiger partial charge in [0.2, 0.25) is 0 Å². The number of hydrogen-bond acceptors (Lipinski definition) is 2. The Morgan fingerprint density at radius 1 is 1.04 bits per heavy atom. The summed E-state index contributed by atoms with van der Waals surface area (Å²) in [5.41, 5.74) is 1.85. The highest BCUT2D eigenvalue weighted by molar-refractivity contribution is 6.42. The molecule has 0 saturated carbocycles. The Morgan fingerprint density at radius 2 is 1.75 bits per heavy atom. The zero-order chi connectivity index (χ0) is 17.5. The van der Waals surface area contributed by atoms with E-state index in [0.717, 1.165) is 5.56 Å². The van der Waals surface area contributed by atoms with Gasteiger partial charge in [0, 0.05) is 6.54 Å². The average Bonchev–Trinajstić information content (AvgIpc) is 2.56. The van der Waals surface area contributed by atoms with Crippen molar-refractivity contribution >= 4 is 41.0 Å². The minimum absolute atomic E-state index is 0.0847. The second kappa shape index (κ2) is 8.67. The molecule has 0 radical (unpaired) electrons. The maximum atomic E-state index is 12.3. The summed E-state index contributed by atoms with van der Waals surface area (Å²) in [7, 11) is 0. The number of nitrogens with one attached hydrogen (secondary N) is 1. The predicted octanol–water partition coefficient (Wildman–Crippen LogP) is 4.32. The number of rotatable bonds is 6. The standard InChI is InChI=1S/C19H17Cl2NO2/c1-13(23)16(11-15-7-8-17(20)18(21)12-15)19(24)22-10-9-14-5-3-2-4-6-14/h2-8,11-12H,9-10H2,1H3,(H,22,24)/b16-11-. The lowest BCUT2D eigenvalue weighted by Crippen LogP contribution is -2.29. The first-order valence-electron chi connectivity index (χ1n) is 7.47. The van der Waals surface area contributed by atoms with Gasteiger partial charge in [-0.05, 0) is 42.7 Å². The van der Waals surface area contributed by atoms with Crippen molar-refractivity contribution in [3.05, 3.63) is 75.3 Å². The Hall–Kier alpha value is -2.10. The molecule has 0 aliphatic heterocycles. The fourth-order valence-corrected chi connectivity index (χ4v) is 2.46. The van der Waals surface area contributed by atoms with Crippen molar-refractivity contribution in [3.8, 4) is 0 Å². The van der Waals surface area contributed by atoms with Gasteiger partial charge in [-0.2, -0.15) is 0 Å². The van der Waals surface area contributed by atoms with Crippen molar-refractivity contribution in [1.29, 1.82) is 0 Å². The molecule has 1 N–H and O–H groups in total. The third kappa shape index (κ3) is 5.22. The molecule has 3 nitrogen and oxygen atoms in total. The molecule has 0 saturated heterocycles. The highest BCUT2D eigenvalue weighted by Crippen LogP contribution is 2.23. The highest BCUT2D eigenvalue weighted by atomic mass is 35.5. The van der Waals surface area contributed by atoms with Crippen LogP contribution in [0.25, 0.3) is 6.08 Å². The van der Waals surface area contributed by atoms with Crippen LogP contribution in [0.15, 0.2) is 54.1 Å². The molecule has 0 aromatic heterocycles. The minimum Gasteiger partial charge on any atom is -0.352 e. The zero-order valence-electron chi connectivity index (χ0n) is 13.2. The second-order valence-electron chi connectivity index (χ2n) is 5.28. The first kappa shape index (κ1) is 18.2. The van der Waals surface area contributed by atoms with Gasteiger partial charge in [-0.25, -0.2) is 0 Å². The first-order chi connectivity index (χ1) is 11.5. The molecule has 0 aliphatic rings. The Bertz CT molecular complexity index is 770. The zero-order valence-corrected chi connectivity index (χ0v) is 14.7. The third-order valence-electron chi connectivity index (χ3n) is 3.42. The van der Waals surface area contributed by atoms with E-state index in [4.69, 9.17) is 23.2 Å². The van der Waals surface area contributed by atoms with Crippen molar-refractivity contribution in [2.24, 2.45) is 0 Å². The molecule has 0 atom stereocenters. The van der Waals surface area contributed by atoms with E-state index >= 15 is 0 Å². The Labute approximate surface area is 151 Å². The van der Waals surface area contributed by atoms with Crippen LogP contribution in [-0.4, -0.2) is 18.2 Å². The van der Waals surface area contributed by atoms with Gasteiger partial charge in [0.15, 0.2) is 5.78 Å². The van der Waals surface area contributed by atoms with Crippen molar-refractivity contribution in [2.75, 3.05) is 6.54 Å². The highest BCUT2D eigenvalue weighted by Gasteiger charge is 2.14. The van der Waals surface area contributed by atoms with Crippen LogP contribution in [0.5, 0.6) is 0 Å². The number of halogens is 2. The minimum atomic E-state index is -0.399. The second-order valence-corrected chi connectivity index (χ2v) is 6.09. The molecule has 0 unspecified atom stereocenters. The Balaban J connectivity index is 2.06. The molecular formula is C19H17Cl2NO2. The van der Waals surface area contributed by atoms with E-state index in [1.807, 2.05) is 30.3 Å². The van der Waals surface area contributed by atoms with Crippen LogP contribution in [0.4, 0.5) is 0 Å².